The Labute approximate surface area is 161 Å². The molecule has 0 aliphatic rings. The summed E-state index contributed by atoms with van der Waals surface area (Å²) in [6.45, 7) is 1.92. The molecule has 0 aliphatic heterocycles. The molecule has 0 saturated carbocycles. The van der Waals surface area contributed by atoms with Crippen LogP contribution in [0, 0.1) is 0 Å². The van der Waals surface area contributed by atoms with Crippen LogP contribution in [-0.4, -0.2) is 16.0 Å². The average molecular weight is 390 g/mol. The van der Waals surface area contributed by atoms with Crippen LogP contribution in [0.1, 0.15) is 30.8 Å². The highest BCUT2D eigenvalue weighted by molar-refractivity contribution is 6.33. The van der Waals surface area contributed by atoms with E-state index in [0.29, 0.717) is 33.7 Å². The minimum absolute atomic E-state index is 0.0926. The largest absolute Gasteiger partial charge is 0.350 e. The second-order valence-corrected chi connectivity index (χ2v) is 6.68. The Morgan fingerprint density at radius 3 is 2.62 bits per heavy atom. The summed E-state index contributed by atoms with van der Waals surface area (Å²) in [5.74, 6) is 0.722. The van der Waals surface area contributed by atoms with Crippen LogP contribution >= 0.6 is 23.2 Å². The Bertz CT molecular complexity index is 894. The van der Waals surface area contributed by atoms with E-state index in [1.807, 2.05) is 37.3 Å². The number of carbonyl (C=O) groups is 1. The van der Waals surface area contributed by atoms with Crippen molar-refractivity contribution in [2.75, 3.05) is 0 Å². The van der Waals surface area contributed by atoms with Gasteiger partial charge in [-0.1, -0.05) is 52.6 Å². The summed E-state index contributed by atoms with van der Waals surface area (Å²) >= 11 is 12.0. The smallest absolute Gasteiger partial charge is 0.227 e. The average Bonchev–Trinajstić information content (AvgIpc) is 3.09. The van der Waals surface area contributed by atoms with E-state index in [1.165, 1.54) is 0 Å². The molecule has 2 aromatic carbocycles. The molecule has 1 N–H and O–H groups in total. The number of hydrogen-bond donors (Lipinski definition) is 1. The summed E-state index contributed by atoms with van der Waals surface area (Å²) < 4.78 is 5.21. The minimum Gasteiger partial charge on any atom is -0.350 e. The zero-order valence-electron chi connectivity index (χ0n) is 14.1. The third kappa shape index (κ3) is 4.62. The first-order valence-electron chi connectivity index (χ1n) is 8.15. The minimum atomic E-state index is -0.110. The quantitative estimate of drug-likeness (QED) is 0.653. The van der Waals surface area contributed by atoms with E-state index >= 15 is 0 Å². The Morgan fingerprint density at radius 1 is 1.15 bits per heavy atom. The molecule has 3 rings (SSSR count). The molecule has 0 saturated heterocycles. The standard InChI is InChI=1S/C19H17Cl2N3O2/c1-12(13-6-8-14(20)9-7-13)22-17(25)10-11-18-23-19(24-26-18)15-4-2-3-5-16(15)21/h2-9,12H,10-11H2,1H3,(H,22,25)/t12-/m1/s1. The van der Waals surface area contributed by atoms with Gasteiger partial charge in [0.25, 0.3) is 0 Å². The maximum atomic E-state index is 12.1. The summed E-state index contributed by atoms with van der Waals surface area (Å²) in [7, 11) is 0. The molecule has 0 aliphatic carbocycles. The van der Waals surface area contributed by atoms with Gasteiger partial charge in [-0.2, -0.15) is 4.98 Å². The van der Waals surface area contributed by atoms with Crippen LogP contribution in [0.4, 0.5) is 0 Å². The fourth-order valence-corrected chi connectivity index (χ4v) is 2.82. The summed E-state index contributed by atoms with van der Waals surface area (Å²) in [6, 6.07) is 14.5. The van der Waals surface area contributed by atoms with Crippen molar-refractivity contribution < 1.29 is 9.32 Å². The number of benzene rings is 2. The van der Waals surface area contributed by atoms with Crippen molar-refractivity contribution in [3.63, 3.8) is 0 Å². The first-order chi connectivity index (χ1) is 12.5. The summed E-state index contributed by atoms with van der Waals surface area (Å²) in [5, 5.41) is 8.08. The second kappa shape index (κ2) is 8.34. The molecular formula is C19H17Cl2N3O2. The van der Waals surface area contributed by atoms with E-state index in [-0.39, 0.29) is 18.4 Å². The summed E-state index contributed by atoms with van der Waals surface area (Å²) in [5.41, 5.74) is 1.69. The van der Waals surface area contributed by atoms with Crippen molar-refractivity contribution in [1.29, 1.82) is 0 Å². The van der Waals surface area contributed by atoms with Crippen molar-refractivity contribution in [2.45, 2.75) is 25.8 Å². The maximum Gasteiger partial charge on any atom is 0.227 e. The lowest BCUT2D eigenvalue weighted by Crippen LogP contribution is -2.26. The number of halogens is 2. The fourth-order valence-electron chi connectivity index (χ4n) is 2.48. The number of nitrogens with one attached hydrogen (secondary N) is 1. The van der Waals surface area contributed by atoms with Gasteiger partial charge < -0.3 is 9.84 Å². The first-order valence-corrected chi connectivity index (χ1v) is 8.91. The van der Waals surface area contributed by atoms with Gasteiger partial charge >= 0.3 is 0 Å². The highest BCUT2D eigenvalue weighted by Gasteiger charge is 2.14. The molecule has 134 valence electrons. The Kier molecular flexibility index (Phi) is 5.91. The Balaban J connectivity index is 1.55. The molecule has 0 fully saturated rings. The first kappa shape index (κ1) is 18.4. The number of nitrogens with zero attached hydrogens (tertiary/aromatic N) is 2. The zero-order chi connectivity index (χ0) is 18.5. The predicted octanol–water partition coefficient (Wildman–Crippen LogP) is 4.85. The van der Waals surface area contributed by atoms with Crippen LogP contribution in [0.3, 0.4) is 0 Å². The monoisotopic (exact) mass is 389 g/mol. The van der Waals surface area contributed by atoms with Crippen LogP contribution < -0.4 is 5.32 Å². The molecule has 1 aromatic heterocycles. The normalized spacial score (nSPS) is 12.0. The van der Waals surface area contributed by atoms with Crippen LogP contribution in [0.2, 0.25) is 10.0 Å². The number of amides is 1. The fraction of sp³-hybridized carbons (Fsp3) is 0.211. The molecule has 0 unspecified atom stereocenters. The van der Waals surface area contributed by atoms with Crippen molar-refractivity contribution in [2.24, 2.45) is 0 Å². The third-order valence-electron chi connectivity index (χ3n) is 3.90. The highest BCUT2D eigenvalue weighted by Crippen LogP contribution is 2.25. The molecule has 1 amide bonds. The Morgan fingerprint density at radius 2 is 1.88 bits per heavy atom. The van der Waals surface area contributed by atoms with Gasteiger partial charge in [0.1, 0.15) is 0 Å². The van der Waals surface area contributed by atoms with Gasteiger partial charge in [0.05, 0.1) is 11.1 Å². The topological polar surface area (TPSA) is 68.0 Å². The van der Waals surface area contributed by atoms with E-state index in [1.54, 1.807) is 18.2 Å². The molecule has 0 bridgehead atoms. The SMILES string of the molecule is C[C@@H](NC(=O)CCc1nc(-c2ccccc2Cl)no1)c1ccc(Cl)cc1. The third-order valence-corrected chi connectivity index (χ3v) is 4.48. The number of hydrogen-bond acceptors (Lipinski definition) is 4. The van der Waals surface area contributed by atoms with Gasteiger partial charge in [-0.3, -0.25) is 4.79 Å². The van der Waals surface area contributed by atoms with Crippen LogP contribution in [-0.2, 0) is 11.2 Å². The van der Waals surface area contributed by atoms with E-state index in [9.17, 15) is 4.79 Å². The van der Waals surface area contributed by atoms with Gasteiger partial charge in [0.15, 0.2) is 0 Å². The van der Waals surface area contributed by atoms with Crippen molar-refractivity contribution in [3.05, 3.63) is 70.0 Å². The van der Waals surface area contributed by atoms with E-state index in [2.05, 4.69) is 15.5 Å². The van der Waals surface area contributed by atoms with Gasteiger partial charge in [-0.25, -0.2) is 0 Å². The summed E-state index contributed by atoms with van der Waals surface area (Å²) in [6.07, 6.45) is 0.610. The molecule has 1 heterocycles. The molecule has 1 atom stereocenters. The number of carbonyl (C=O) groups excluding carboxylic acids is 1. The molecule has 7 heteroatoms. The van der Waals surface area contributed by atoms with Gasteiger partial charge in [0.2, 0.25) is 17.6 Å². The van der Waals surface area contributed by atoms with Crippen molar-refractivity contribution in [1.82, 2.24) is 15.5 Å². The van der Waals surface area contributed by atoms with E-state index < -0.39 is 0 Å². The molecular weight excluding hydrogens is 373 g/mol. The van der Waals surface area contributed by atoms with Gasteiger partial charge in [-0.15, -0.1) is 0 Å². The summed E-state index contributed by atoms with van der Waals surface area (Å²) in [4.78, 5) is 16.5. The molecule has 3 aromatic rings. The lowest BCUT2D eigenvalue weighted by atomic mass is 10.1. The Hall–Kier alpha value is -2.37. The molecule has 26 heavy (non-hydrogen) atoms. The number of rotatable bonds is 6. The maximum absolute atomic E-state index is 12.1. The van der Waals surface area contributed by atoms with Gasteiger partial charge in [0, 0.05) is 23.4 Å². The van der Waals surface area contributed by atoms with Crippen LogP contribution in [0.5, 0.6) is 0 Å². The number of aryl methyl sites for hydroxylation is 1. The van der Waals surface area contributed by atoms with Crippen LogP contribution in [0.15, 0.2) is 53.1 Å². The van der Waals surface area contributed by atoms with Gasteiger partial charge in [-0.05, 0) is 36.8 Å². The number of aromatic nitrogens is 2. The van der Waals surface area contributed by atoms with E-state index in [4.69, 9.17) is 27.7 Å². The van der Waals surface area contributed by atoms with Crippen molar-refractivity contribution >= 4 is 29.1 Å². The molecule has 5 nitrogen and oxygen atoms in total. The second-order valence-electron chi connectivity index (χ2n) is 5.83. The predicted molar refractivity (Wildman–Crippen MR) is 101 cm³/mol. The highest BCUT2D eigenvalue weighted by atomic mass is 35.5. The van der Waals surface area contributed by atoms with Crippen LogP contribution in [0.25, 0.3) is 11.4 Å². The van der Waals surface area contributed by atoms with Crippen molar-refractivity contribution in [3.8, 4) is 11.4 Å². The van der Waals surface area contributed by atoms with E-state index in [0.717, 1.165) is 5.56 Å². The molecule has 0 spiro atoms. The lowest BCUT2D eigenvalue weighted by Gasteiger charge is -2.14. The zero-order valence-corrected chi connectivity index (χ0v) is 15.6. The lowest BCUT2D eigenvalue weighted by molar-refractivity contribution is -0.121. The molecule has 0 radical (unpaired) electrons.